The molecular formula is C14H21NO2. The van der Waals surface area contributed by atoms with Crippen molar-refractivity contribution in [3.8, 4) is 0 Å². The second-order valence-electron chi connectivity index (χ2n) is 5.32. The second-order valence-corrected chi connectivity index (χ2v) is 5.32. The SMILES string of the molecule is COCc1ccc(CN2CC[C@H]3CCC[C@H]32)o1. The molecule has 0 bridgehead atoms. The zero-order valence-corrected chi connectivity index (χ0v) is 10.5. The zero-order valence-electron chi connectivity index (χ0n) is 10.5. The van der Waals surface area contributed by atoms with E-state index in [1.54, 1.807) is 7.11 Å². The van der Waals surface area contributed by atoms with Crippen LogP contribution in [-0.2, 0) is 17.9 Å². The van der Waals surface area contributed by atoms with E-state index in [1.807, 2.05) is 6.07 Å². The van der Waals surface area contributed by atoms with Crippen LogP contribution < -0.4 is 0 Å². The maximum absolute atomic E-state index is 5.77. The van der Waals surface area contributed by atoms with E-state index >= 15 is 0 Å². The molecule has 2 fully saturated rings. The number of likely N-dealkylation sites (tertiary alicyclic amines) is 1. The van der Waals surface area contributed by atoms with Gasteiger partial charge in [-0.3, -0.25) is 4.90 Å². The molecule has 3 nitrogen and oxygen atoms in total. The summed E-state index contributed by atoms with van der Waals surface area (Å²) >= 11 is 0. The first-order chi connectivity index (χ1) is 8.36. The van der Waals surface area contributed by atoms with Gasteiger partial charge < -0.3 is 9.15 Å². The molecule has 1 saturated heterocycles. The summed E-state index contributed by atoms with van der Waals surface area (Å²) in [6.45, 7) is 2.80. The van der Waals surface area contributed by atoms with E-state index in [0.717, 1.165) is 30.0 Å². The van der Waals surface area contributed by atoms with E-state index in [9.17, 15) is 0 Å². The van der Waals surface area contributed by atoms with E-state index in [0.29, 0.717) is 6.61 Å². The highest BCUT2D eigenvalue weighted by atomic mass is 16.5. The van der Waals surface area contributed by atoms with Gasteiger partial charge in [0, 0.05) is 13.2 Å². The van der Waals surface area contributed by atoms with Crippen LogP contribution >= 0.6 is 0 Å². The highest BCUT2D eigenvalue weighted by Gasteiger charge is 2.37. The molecule has 1 aromatic rings. The normalized spacial score (nSPS) is 28.8. The molecular weight excluding hydrogens is 214 g/mol. The predicted molar refractivity (Wildman–Crippen MR) is 65.6 cm³/mol. The lowest BCUT2D eigenvalue weighted by molar-refractivity contribution is 0.157. The molecule has 17 heavy (non-hydrogen) atoms. The molecule has 0 unspecified atom stereocenters. The van der Waals surface area contributed by atoms with Crippen LogP contribution in [0.5, 0.6) is 0 Å². The van der Waals surface area contributed by atoms with Crippen LogP contribution in [0.4, 0.5) is 0 Å². The number of hydrogen-bond donors (Lipinski definition) is 0. The van der Waals surface area contributed by atoms with E-state index in [1.165, 1.54) is 32.2 Å². The third kappa shape index (κ3) is 2.26. The highest BCUT2D eigenvalue weighted by Crippen LogP contribution is 2.38. The van der Waals surface area contributed by atoms with Crippen LogP contribution in [0.2, 0.25) is 0 Å². The van der Waals surface area contributed by atoms with Crippen LogP contribution in [0.25, 0.3) is 0 Å². The quantitative estimate of drug-likeness (QED) is 0.802. The van der Waals surface area contributed by atoms with E-state index in [2.05, 4.69) is 11.0 Å². The summed E-state index contributed by atoms with van der Waals surface area (Å²) in [5, 5.41) is 0. The monoisotopic (exact) mass is 235 g/mol. The largest absolute Gasteiger partial charge is 0.462 e. The van der Waals surface area contributed by atoms with Gasteiger partial charge in [0.25, 0.3) is 0 Å². The van der Waals surface area contributed by atoms with Crippen molar-refractivity contribution < 1.29 is 9.15 Å². The number of hydrogen-bond acceptors (Lipinski definition) is 3. The summed E-state index contributed by atoms with van der Waals surface area (Å²) in [6.07, 6.45) is 5.62. The summed E-state index contributed by atoms with van der Waals surface area (Å²) < 4.78 is 10.8. The Morgan fingerprint density at radius 1 is 1.29 bits per heavy atom. The lowest BCUT2D eigenvalue weighted by Gasteiger charge is -2.22. The molecule has 1 aliphatic heterocycles. The average molecular weight is 235 g/mol. The molecule has 0 radical (unpaired) electrons. The molecule has 3 heteroatoms. The Hall–Kier alpha value is -0.800. The van der Waals surface area contributed by atoms with Crippen LogP contribution in [0.1, 0.15) is 37.2 Å². The first kappa shape index (κ1) is 11.3. The number of furan rings is 1. The van der Waals surface area contributed by atoms with E-state index in [-0.39, 0.29) is 0 Å². The molecule has 0 N–H and O–H groups in total. The van der Waals surface area contributed by atoms with Gasteiger partial charge in [-0.15, -0.1) is 0 Å². The minimum absolute atomic E-state index is 0.575. The Labute approximate surface area is 103 Å². The number of rotatable bonds is 4. The van der Waals surface area contributed by atoms with Gasteiger partial charge in [-0.1, -0.05) is 6.42 Å². The van der Waals surface area contributed by atoms with Gasteiger partial charge in [0.2, 0.25) is 0 Å². The lowest BCUT2D eigenvalue weighted by atomic mass is 10.0. The summed E-state index contributed by atoms with van der Waals surface area (Å²) in [6, 6.07) is 4.95. The van der Waals surface area contributed by atoms with E-state index in [4.69, 9.17) is 9.15 Å². The molecule has 0 amide bonds. The van der Waals surface area contributed by atoms with Crippen LogP contribution in [0, 0.1) is 5.92 Å². The van der Waals surface area contributed by atoms with E-state index < -0.39 is 0 Å². The Kier molecular flexibility index (Phi) is 3.21. The Bertz CT molecular complexity index is 374. The van der Waals surface area contributed by atoms with Gasteiger partial charge in [-0.2, -0.15) is 0 Å². The Morgan fingerprint density at radius 2 is 2.18 bits per heavy atom. The van der Waals surface area contributed by atoms with Crippen molar-refractivity contribution in [2.24, 2.45) is 5.92 Å². The highest BCUT2D eigenvalue weighted by molar-refractivity contribution is 5.07. The van der Waals surface area contributed by atoms with Gasteiger partial charge in [0.15, 0.2) is 0 Å². The third-order valence-corrected chi connectivity index (χ3v) is 4.24. The minimum atomic E-state index is 0.575. The number of fused-ring (bicyclic) bond motifs is 1. The topological polar surface area (TPSA) is 25.6 Å². The molecule has 1 aliphatic carbocycles. The first-order valence-corrected chi connectivity index (χ1v) is 6.67. The molecule has 3 rings (SSSR count). The van der Waals surface area contributed by atoms with Gasteiger partial charge in [0.1, 0.15) is 18.1 Å². The van der Waals surface area contributed by atoms with Crippen molar-refractivity contribution in [3.63, 3.8) is 0 Å². The zero-order chi connectivity index (χ0) is 11.7. The molecule has 94 valence electrons. The number of methoxy groups -OCH3 is 1. The van der Waals surface area contributed by atoms with Crippen molar-refractivity contribution in [3.05, 3.63) is 23.7 Å². The maximum Gasteiger partial charge on any atom is 0.129 e. The van der Waals surface area contributed by atoms with Crippen molar-refractivity contribution in [2.45, 2.75) is 44.9 Å². The maximum atomic E-state index is 5.77. The molecule has 2 atom stereocenters. The Morgan fingerprint density at radius 3 is 3.06 bits per heavy atom. The molecule has 2 aliphatic rings. The Balaban J connectivity index is 1.62. The van der Waals surface area contributed by atoms with Crippen molar-refractivity contribution in [1.82, 2.24) is 4.90 Å². The third-order valence-electron chi connectivity index (χ3n) is 4.24. The predicted octanol–water partition coefficient (Wildman–Crippen LogP) is 2.80. The average Bonchev–Trinajstić information content (AvgIpc) is 2.98. The summed E-state index contributed by atoms with van der Waals surface area (Å²) in [4.78, 5) is 2.60. The van der Waals surface area contributed by atoms with Gasteiger partial charge in [-0.25, -0.2) is 0 Å². The van der Waals surface area contributed by atoms with Crippen molar-refractivity contribution in [1.29, 1.82) is 0 Å². The lowest BCUT2D eigenvalue weighted by Crippen LogP contribution is -2.29. The van der Waals surface area contributed by atoms with Crippen molar-refractivity contribution in [2.75, 3.05) is 13.7 Å². The summed E-state index contributed by atoms with van der Waals surface area (Å²) in [5.41, 5.74) is 0. The smallest absolute Gasteiger partial charge is 0.129 e. The number of ether oxygens (including phenoxy) is 1. The standard InChI is InChI=1S/C14H21NO2/c1-16-10-13-6-5-12(17-13)9-15-8-7-11-3-2-4-14(11)15/h5-6,11,14H,2-4,7-10H2,1H3/t11-,14-/m1/s1. The van der Waals surface area contributed by atoms with Crippen LogP contribution in [-0.4, -0.2) is 24.6 Å². The number of nitrogens with zero attached hydrogens (tertiary/aromatic N) is 1. The van der Waals surface area contributed by atoms with Crippen LogP contribution in [0.15, 0.2) is 16.5 Å². The fraction of sp³-hybridized carbons (Fsp3) is 0.714. The molecule has 1 aromatic heterocycles. The fourth-order valence-electron chi connectivity index (χ4n) is 3.46. The van der Waals surface area contributed by atoms with Gasteiger partial charge in [0.05, 0.1) is 6.54 Å². The molecule has 2 heterocycles. The first-order valence-electron chi connectivity index (χ1n) is 6.67. The molecule has 0 aromatic carbocycles. The van der Waals surface area contributed by atoms with Gasteiger partial charge >= 0.3 is 0 Å². The van der Waals surface area contributed by atoms with Crippen molar-refractivity contribution >= 4 is 0 Å². The molecule has 0 spiro atoms. The second kappa shape index (κ2) is 4.83. The molecule has 1 saturated carbocycles. The summed E-state index contributed by atoms with van der Waals surface area (Å²) in [7, 11) is 1.70. The van der Waals surface area contributed by atoms with Gasteiger partial charge in [-0.05, 0) is 43.9 Å². The fourth-order valence-corrected chi connectivity index (χ4v) is 3.46. The van der Waals surface area contributed by atoms with Crippen LogP contribution in [0.3, 0.4) is 0 Å². The summed E-state index contributed by atoms with van der Waals surface area (Å²) in [5.74, 6) is 2.98. The minimum Gasteiger partial charge on any atom is -0.462 e.